The number of aryl methyl sites for hydroxylation is 3. The molecule has 1 heterocycles. The third-order valence-electron chi connectivity index (χ3n) is 6.65. The first-order valence-electron chi connectivity index (χ1n) is 12.2. The summed E-state index contributed by atoms with van der Waals surface area (Å²) in [5.41, 5.74) is 5.78. The second kappa shape index (κ2) is 11.0. The minimum Gasteiger partial charge on any atom is -0.351 e. The first-order chi connectivity index (χ1) is 16.4. The molecule has 0 radical (unpaired) electrons. The molecule has 0 aliphatic heterocycles. The van der Waals surface area contributed by atoms with Gasteiger partial charge in [0, 0.05) is 6.04 Å². The van der Waals surface area contributed by atoms with Gasteiger partial charge < -0.3 is 5.32 Å². The number of anilines is 1. The maximum atomic E-state index is 14.0. The van der Waals surface area contributed by atoms with E-state index in [1.807, 2.05) is 61.0 Å². The summed E-state index contributed by atoms with van der Waals surface area (Å²) in [5, 5.41) is 7.29. The molecule has 1 atom stereocenters. The quantitative estimate of drug-likeness (QED) is 0.428. The number of nitrogens with one attached hydrogen (secondary N) is 1. The summed E-state index contributed by atoms with van der Waals surface area (Å²) in [7, 11) is 0. The van der Waals surface area contributed by atoms with E-state index >= 15 is 0 Å². The Balaban J connectivity index is 1.80. The van der Waals surface area contributed by atoms with Crippen LogP contribution in [0.2, 0.25) is 0 Å². The Hall–Kier alpha value is -2.92. The van der Waals surface area contributed by atoms with Crippen molar-refractivity contribution in [2.45, 2.75) is 71.4 Å². The number of amides is 2. The molecule has 178 valence electrons. The van der Waals surface area contributed by atoms with Gasteiger partial charge in [0.1, 0.15) is 6.04 Å². The summed E-state index contributed by atoms with van der Waals surface area (Å²) in [6, 6.07) is 15.3. The van der Waals surface area contributed by atoms with Crippen molar-refractivity contribution in [1.29, 1.82) is 0 Å². The normalized spacial score (nSPS) is 15.0. The fraction of sp³-hybridized carbons (Fsp3) is 0.379. The molecule has 2 amide bonds. The van der Waals surface area contributed by atoms with Gasteiger partial charge in [0.2, 0.25) is 11.8 Å². The highest BCUT2D eigenvalue weighted by Gasteiger charge is 2.35. The Labute approximate surface area is 207 Å². The zero-order valence-electron chi connectivity index (χ0n) is 20.3. The zero-order chi connectivity index (χ0) is 24.1. The molecular formula is C29H34N2O2S. The van der Waals surface area contributed by atoms with E-state index in [0.717, 1.165) is 59.2 Å². The van der Waals surface area contributed by atoms with Gasteiger partial charge in [-0.05, 0) is 72.7 Å². The van der Waals surface area contributed by atoms with Gasteiger partial charge in [-0.2, -0.15) is 11.3 Å². The summed E-state index contributed by atoms with van der Waals surface area (Å²) >= 11 is 1.58. The smallest absolute Gasteiger partial charge is 0.248 e. The molecule has 1 saturated carbocycles. The lowest BCUT2D eigenvalue weighted by atomic mass is 9.94. The maximum Gasteiger partial charge on any atom is 0.248 e. The van der Waals surface area contributed by atoms with Gasteiger partial charge in [-0.15, -0.1) is 0 Å². The molecule has 1 fully saturated rings. The van der Waals surface area contributed by atoms with Crippen LogP contribution in [0.1, 0.15) is 66.0 Å². The first-order valence-corrected chi connectivity index (χ1v) is 13.1. The van der Waals surface area contributed by atoms with Gasteiger partial charge in [-0.3, -0.25) is 14.5 Å². The van der Waals surface area contributed by atoms with Crippen LogP contribution in [0.15, 0.2) is 59.3 Å². The molecule has 4 rings (SSSR count). The molecule has 0 bridgehead atoms. The Morgan fingerprint density at radius 1 is 1.00 bits per heavy atom. The van der Waals surface area contributed by atoms with E-state index in [0.29, 0.717) is 0 Å². The molecule has 2 aromatic carbocycles. The topological polar surface area (TPSA) is 49.4 Å². The minimum atomic E-state index is -0.727. The van der Waals surface area contributed by atoms with Crippen LogP contribution >= 0.6 is 11.3 Å². The number of carbonyl (C=O) groups excluding carboxylic acids is 2. The molecule has 0 saturated heterocycles. The van der Waals surface area contributed by atoms with Crippen molar-refractivity contribution in [3.8, 4) is 0 Å². The van der Waals surface area contributed by atoms with E-state index in [1.165, 1.54) is 6.42 Å². The van der Waals surface area contributed by atoms with E-state index < -0.39 is 6.04 Å². The predicted octanol–water partition coefficient (Wildman–Crippen LogP) is 6.44. The van der Waals surface area contributed by atoms with E-state index in [2.05, 4.69) is 24.4 Å². The minimum absolute atomic E-state index is 0.0684. The maximum absolute atomic E-state index is 14.0. The van der Waals surface area contributed by atoms with Crippen molar-refractivity contribution in [1.82, 2.24) is 5.32 Å². The average Bonchev–Trinajstić information content (AvgIpc) is 3.32. The molecule has 4 nitrogen and oxygen atoms in total. The molecule has 1 aliphatic rings. The van der Waals surface area contributed by atoms with Crippen LogP contribution in [0.25, 0.3) is 0 Å². The van der Waals surface area contributed by atoms with Crippen LogP contribution in [0.5, 0.6) is 0 Å². The van der Waals surface area contributed by atoms with Crippen LogP contribution in [0.4, 0.5) is 5.69 Å². The van der Waals surface area contributed by atoms with Gasteiger partial charge in [0.15, 0.2) is 0 Å². The number of carbonyl (C=O) groups is 2. The standard InChI is InChI=1S/C29H34N2O2S/c1-20-16-21(2)27(22(3)17-20)31(26(32)18-23-14-15-34-19-23)28(24-10-6-4-7-11-24)29(33)30-25-12-8-5-9-13-25/h4,6-7,10-11,14-17,19,25,28H,5,8-9,12-13,18H2,1-3H3,(H,30,33)/t28-/m0/s1. The molecule has 3 aromatic rings. The second-order valence-corrected chi connectivity index (χ2v) is 10.3. The number of rotatable bonds is 7. The SMILES string of the molecule is Cc1cc(C)c(N(C(=O)Cc2ccsc2)[C@H](C(=O)NC2CCCCC2)c2ccccc2)c(C)c1. The fourth-order valence-corrected chi connectivity index (χ4v) is 5.85. The third-order valence-corrected chi connectivity index (χ3v) is 7.39. The molecule has 5 heteroatoms. The Bertz CT molecular complexity index is 1100. The van der Waals surface area contributed by atoms with Crippen molar-refractivity contribution in [3.63, 3.8) is 0 Å². The number of hydrogen-bond donors (Lipinski definition) is 1. The number of benzene rings is 2. The van der Waals surface area contributed by atoms with Crippen LogP contribution in [-0.2, 0) is 16.0 Å². The van der Waals surface area contributed by atoms with Crippen LogP contribution < -0.4 is 10.2 Å². The largest absolute Gasteiger partial charge is 0.351 e. The number of nitrogens with zero attached hydrogens (tertiary/aromatic N) is 1. The van der Waals surface area contributed by atoms with E-state index in [-0.39, 0.29) is 24.3 Å². The summed E-state index contributed by atoms with van der Waals surface area (Å²) in [6.07, 6.45) is 5.75. The number of hydrogen-bond acceptors (Lipinski definition) is 3. The zero-order valence-corrected chi connectivity index (χ0v) is 21.2. The molecule has 34 heavy (non-hydrogen) atoms. The summed E-state index contributed by atoms with van der Waals surface area (Å²) in [4.78, 5) is 29.6. The van der Waals surface area contributed by atoms with Gasteiger partial charge in [0.25, 0.3) is 0 Å². The highest BCUT2D eigenvalue weighted by molar-refractivity contribution is 7.08. The van der Waals surface area contributed by atoms with Crippen molar-refractivity contribution in [2.24, 2.45) is 0 Å². The summed E-state index contributed by atoms with van der Waals surface area (Å²) in [6.45, 7) is 6.12. The molecule has 1 N–H and O–H groups in total. The fourth-order valence-electron chi connectivity index (χ4n) is 5.18. The molecular weight excluding hydrogens is 440 g/mol. The van der Waals surface area contributed by atoms with E-state index in [4.69, 9.17) is 0 Å². The Morgan fingerprint density at radius 2 is 1.68 bits per heavy atom. The van der Waals surface area contributed by atoms with Gasteiger partial charge >= 0.3 is 0 Å². The molecule has 0 spiro atoms. The lowest BCUT2D eigenvalue weighted by Gasteiger charge is -2.35. The second-order valence-electron chi connectivity index (χ2n) is 9.48. The molecule has 0 unspecified atom stereocenters. The molecule has 1 aliphatic carbocycles. The number of thiophene rings is 1. The third kappa shape index (κ3) is 5.58. The van der Waals surface area contributed by atoms with Crippen LogP contribution in [0, 0.1) is 20.8 Å². The van der Waals surface area contributed by atoms with Crippen molar-refractivity contribution < 1.29 is 9.59 Å². The average molecular weight is 475 g/mol. The van der Waals surface area contributed by atoms with Gasteiger partial charge in [-0.25, -0.2) is 0 Å². The van der Waals surface area contributed by atoms with Crippen LogP contribution in [0.3, 0.4) is 0 Å². The van der Waals surface area contributed by atoms with E-state index in [9.17, 15) is 9.59 Å². The summed E-state index contributed by atoms with van der Waals surface area (Å²) in [5.74, 6) is -0.169. The first kappa shape index (κ1) is 24.2. The highest BCUT2D eigenvalue weighted by atomic mass is 32.1. The lowest BCUT2D eigenvalue weighted by molar-refractivity contribution is -0.127. The predicted molar refractivity (Wildman–Crippen MR) is 140 cm³/mol. The monoisotopic (exact) mass is 474 g/mol. The summed E-state index contributed by atoms with van der Waals surface area (Å²) < 4.78 is 0. The van der Waals surface area contributed by atoms with Crippen molar-refractivity contribution >= 4 is 28.8 Å². The van der Waals surface area contributed by atoms with Crippen molar-refractivity contribution in [2.75, 3.05) is 4.90 Å². The van der Waals surface area contributed by atoms with E-state index in [1.54, 1.807) is 16.2 Å². The van der Waals surface area contributed by atoms with Crippen molar-refractivity contribution in [3.05, 3.63) is 87.1 Å². The lowest BCUT2D eigenvalue weighted by Crippen LogP contribution is -2.48. The Morgan fingerprint density at radius 3 is 2.29 bits per heavy atom. The highest BCUT2D eigenvalue weighted by Crippen LogP contribution is 2.35. The van der Waals surface area contributed by atoms with Gasteiger partial charge in [0.05, 0.1) is 12.1 Å². The van der Waals surface area contributed by atoms with Gasteiger partial charge in [-0.1, -0.05) is 67.3 Å². The molecule has 1 aromatic heterocycles. The van der Waals surface area contributed by atoms with Crippen LogP contribution in [-0.4, -0.2) is 17.9 Å². The Kier molecular flexibility index (Phi) is 7.84.